The fourth-order valence-corrected chi connectivity index (χ4v) is 3.71. The van der Waals surface area contributed by atoms with Gasteiger partial charge in [0.15, 0.2) is 0 Å². The fourth-order valence-electron chi connectivity index (χ4n) is 2.76. The lowest BCUT2D eigenvalue weighted by molar-refractivity contribution is -0.123. The minimum atomic E-state index is 0.0360. The van der Waals surface area contributed by atoms with Gasteiger partial charge >= 0.3 is 0 Å². The number of hydrogen-bond donors (Lipinski definition) is 2. The first-order valence-electron chi connectivity index (χ1n) is 6.87. The van der Waals surface area contributed by atoms with Crippen molar-refractivity contribution in [3.8, 4) is 0 Å². The second-order valence-corrected chi connectivity index (χ2v) is 6.44. The first-order valence-corrected chi connectivity index (χ1v) is 8.02. The number of hydrogen-bond acceptors (Lipinski definition) is 3. The molecule has 1 aliphatic carbocycles. The Morgan fingerprint density at radius 2 is 2.24 bits per heavy atom. The lowest BCUT2D eigenvalue weighted by Crippen LogP contribution is -2.45. The van der Waals surface area contributed by atoms with Gasteiger partial charge in [-0.05, 0) is 25.7 Å². The summed E-state index contributed by atoms with van der Waals surface area (Å²) in [5.74, 6) is 2.94. The standard InChI is InChI=1S/C13H24N2OS/c1-10(6-7-11-4-2-3-5-11)15-13(16)12-8-17-9-14-12/h10-12,14H,2-9H2,1H3,(H,15,16). The molecule has 1 amide bonds. The average molecular weight is 256 g/mol. The van der Waals surface area contributed by atoms with Crippen LogP contribution in [0, 0.1) is 5.92 Å². The monoisotopic (exact) mass is 256 g/mol. The van der Waals surface area contributed by atoms with E-state index < -0.39 is 0 Å². The van der Waals surface area contributed by atoms with E-state index in [1.54, 1.807) is 11.8 Å². The molecule has 0 spiro atoms. The van der Waals surface area contributed by atoms with Crippen LogP contribution in [-0.4, -0.2) is 29.6 Å². The molecule has 1 saturated heterocycles. The molecule has 0 aromatic carbocycles. The van der Waals surface area contributed by atoms with Crippen molar-refractivity contribution in [1.29, 1.82) is 0 Å². The van der Waals surface area contributed by atoms with E-state index in [4.69, 9.17) is 0 Å². The third kappa shape index (κ3) is 4.18. The van der Waals surface area contributed by atoms with Crippen LogP contribution in [0.2, 0.25) is 0 Å². The van der Waals surface area contributed by atoms with Gasteiger partial charge in [0.05, 0.1) is 6.04 Å². The summed E-state index contributed by atoms with van der Waals surface area (Å²) in [6.07, 6.45) is 8.05. The lowest BCUT2D eigenvalue weighted by Gasteiger charge is -2.18. The Bertz CT molecular complexity index is 248. The van der Waals surface area contributed by atoms with Gasteiger partial charge in [-0.2, -0.15) is 0 Å². The summed E-state index contributed by atoms with van der Waals surface area (Å²) in [7, 11) is 0. The van der Waals surface area contributed by atoms with Crippen molar-refractivity contribution in [2.45, 2.75) is 57.5 Å². The summed E-state index contributed by atoms with van der Waals surface area (Å²) in [4.78, 5) is 11.9. The predicted octanol–water partition coefficient (Wildman–Crippen LogP) is 2.12. The predicted molar refractivity (Wildman–Crippen MR) is 73.0 cm³/mol. The minimum Gasteiger partial charge on any atom is -0.352 e. The zero-order valence-electron chi connectivity index (χ0n) is 10.7. The second-order valence-electron chi connectivity index (χ2n) is 5.41. The van der Waals surface area contributed by atoms with E-state index in [1.165, 1.54) is 32.1 Å². The lowest BCUT2D eigenvalue weighted by atomic mass is 9.99. The summed E-state index contributed by atoms with van der Waals surface area (Å²) in [5, 5.41) is 6.34. The van der Waals surface area contributed by atoms with Crippen molar-refractivity contribution >= 4 is 17.7 Å². The SMILES string of the molecule is CC(CCC1CCCC1)NC(=O)C1CSCN1. The van der Waals surface area contributed by atoms with Crippen molar-refractivity contribution in [1.82, 2.24) is 10.6 Å². The molecular weight excluding hydrogens is 232 g/mol. The van der Waals surface area contributed by atoms with Gasteiger partial charge in [-0.15, -0.1) is 11.8 Å². The van der Waals surface area contributed by atoms with Gasteiger partial charge in [0.1, 0.15) is 0 Å². The quantitative estimate of drug-likeness (QED) is 0.792. The van der Waals surface area contributed by atoms with Crippen molar-refractivity contribution in [2.75, 3.05) is 11.6 Å². The summed E-state index contributed by atoms with van der Waals surface area (Å²) in [6, 6.07) is 0.365. The molecule has 1 saturated carbocycles. The molecule has 2 unspecified atom stereocenters. The van der Waals surface area contributed by atoms with E-state index in [9.17, 15) is 4.79 Å². The number of amides is 1. The highest BCUT2D eigenvalue weighted by Crippen LogP contribution is 2.28. The molecule has 2 rings (SSSR count). The van der Waals surface area contributed by atoms with E-state index in [-0.39, 0.29) is 11.9 Å². The smallest absolute Gasteiger partial charge is 0.238 e. The number of nitrogens with one attached hydrogen (secondary N) is 2. The zero-order chi connectivity index (χ0) is 12.1. The third-order valence-corrected chi connectivity index (χ3v) is 4.84. The maximum absolute atomic E-state index is 11.9. The van der Waals surface area contributed by atoms with Crippen LogP contribution in [0.5, 0.6) is 0 Å². The van der Waals surface area contributed by atoms with E-state index in [0.29, 0.717) is 6.04 Å². The van der Waals surface area contributed by atoms with Gasteiger partial charge in [-0.3, -0.25) is 10.1 Å². The summed E-state index contributed by atoms with van der Waals surface area (Å²) < 4.78 is 0. The molecule has 2 atom stereocenters. The van der Waals surface area contributed by atoms with Crippen LogP contribution < -0.4 is 10.6 Å². The Balaban J connectivity index is 1.62. The topological polar surface area (TPSA) is 41.1 Å². The van der Waals surface area contributed by atoms with Gasteiger partial charge in [0.2, 0.25) is 5.91 Å². The molecule has 0 radical (unpaired) electrons. The Morgan fingerprint density at radius 3 is 2.88 bits per heavy atom. The summed E-state index contributed by atoms with van der Waals surface area (Å²) >= 11 is 1.80. The van der Waals surface area contributed by atoms with Crippen molar-refractivity contribution in [3.63, 3.8) is 0 Å². The highest BCUT2D eigenvalue weighted by Gasteiger charge is 2.23. The summed E-state index contributed by atoms with van der Waals surface area (Å²) in [5.41, 5.74) is 0. The molecule has 1 aliphatic heterocycles. The van der Waals surface area contributed by atoms with Gasteiger partial charge in [0, 0.05) is 17.7 Å². The zero-order valence-corrected chi connectivity index (χ0v) is 11.5. The molecular formula is C13H24N2OS. The Morgan fingerprint density at radius 1 is 1.47 bits per heavy atom. The Kier molecular flexibility index (Phi) is 5.16. The van der Waals surface area contributed by atoms with Crippen LogP contribution in [0.4, 0.5) is 0 Å². The van der Waals surface area contributed by atoms with Crippen LogP contribution in [0.15, 0.2) is 0 Å². The van der Waals surface area contributed by atoms with Crippen LogP contribution in [0.3, 0.4) is 0 Å². The van der Waals surface area contributed by atoms with E-state index in [1.807, 2.05) is 0 Å². The second kappa shape index (κ2) is 6.64. The van der Waals surface area contributed by atoms with Crippen LogP contribution >= 0.6 is 11.8 Å². The highest BCUT2D eigenvalue weighted by atomic mass is 32.2. The first kappa shape index (κ1) is 13.2. The molecule has 2 aliphatic rings. The number of carbonyl (C=O) groups excluding carboxylic acids is 1. The first-order chi connectivity index (χ1) is 8.25. The van der Waals surface area contributed by atoms with Crippen LogP contribution in [0.1, 0.15) is 45.4 Å². The van der Waals surface area contributed by atoms with Gasteiger partial charge in [-0.25, -0.2) is 0 Å². The molecule has 98 valence electrons. The van der Waals surface area contributed by atoms with E-state index >= 15 is 0 Å². The van der Waals surface area contributed by atoms with Gasteiger partial charge < -0.3 is 5.32 Å². The third-order valence-electron chi connectivity index (χ3n) is 3.90. The molecule has 2 N–H and O–H groups in total. The molecule has 3 nitrogen and oxygen atoms in total. The summed E-state index contributed by atoms with van der Waals surface area (Å²) in [6.45, 7) is 2.13. The van der Waals surface area contributed by atoms with Crippen LogP contribution in [0.25, 0.3) is 0 Å². The Hall–Kier alpha value is -0.220. The van der Waals surface area contributed by atoms with E-state index in [0.717, 1.165) is 24.0 Å². The average Bonchev–Trinajstić information content (AvgIpc) is 2.99. The molecule has 1 heterocycles. The number of carbonyl (C=O) groups is 1. The highest BCUT2D eigenvalue weighted by molar-refractivity contribution is 7.99. The van der Waals surface area contributed by atoms with Crippen LogP contribution in [-0.2, 0) is 4.79 Å². The maximum atomic E-state index is 11.9. The maximum Gasteiger partial charge on any atom is 0.238 e. The van der Waals surface area contributed by atoms with Gasteiger partial charge in [-0.1, -0.05) is 25.7 Å². The molecule has 17 heavy (non-hydrogen) atoms. The largest absolute Gasteiger partial charge is 0.352 e. The Labute approximate surface area is 108 Å². The number of rotatable bonds is 5. The molecule has 2 fully saturated rings. The number of thioether (sulfide) groups is 1. The van der Waals surface area contributed by atoms with E-state index in [2.05, 4.69) is 17.6 Å². The fraction of sp³-hybridized carbons (Fsp3) is 0.923. The van der Waals surface area contributed by atoms with Crippen molar-refractivity contribution < 1.29 is 4.79 Å². The molecule has 0 aromatic rings. The van der Waals surface area contributed by atoms with Gasteiger partial charge in [0.25, 0.3) is 0 Å². The minimum absolute atomic E-state index is 0.0360. The molecule has 4 heteroatoms. The molecule has 0 aromatic heterocycles. The molecule has 0 bridgehead atoms. The van der Waals surface area contributed by atoms with Crippen molar-refractivity contribution in [2.24, 2.45) is 5.92 Å². The normalized spacial score (nSPS) is 27.2. The van der Waals surface area contributed by atoms with Crippen molar-refractivity contribution in [3.05, 3.63) is 0 Å².